The minimum atomic E-state index is -5.08. The maximum atomic E-state index is 12.4. The summed E-state index contributed by atoms with van der Waals surface area (Å²) in [7, 11) is 0. The lowest BCUT2D eigenvalue weighted by Crippen LogP contribution is -2.52. The van der Waals surface area contributed by atoms with Gasteiger partial charge in [-0.05, 0) is 44.9 Å². The molecule has 0 saturated carbocycles. The number of halogens is 6. The molecule has 8 nitrogen and oxygen atoms in total. The Morgan fingerprint density at radius 2 is 1.49 bits per heavy atom. The van der Waals surface area contributed by atoms with E-state index in [1.807, 2.05) is 25.1 Å². The van der Waals surface area contributed by atoms with Gasteiger partial charge < -0.3 is 20.0 Å². The highest BCUT2D eigenvalue weighted by Gasteiger charge is 2.46. The molecule has 35 heavy (non-hydrogen) atoms. The first kappa shape index (κ1) is 30.1. The van der Waals surface area contributed by atoms with E-state index in [0.717, 1.165) is 50.3 Å². The fourth-order valence-electron chi connectivity index (χ4n) is 3.78. The van der Waals surface area contributed by atoms with Crippen LogP contribution >= 0.6 is 0 Å². The molecule has 3 heterocycles. The number of aliphatic carboxylic acids is 2. The first-order valence-corrected chi connectivity index (χ1v) is 10.6. The summed E-state index contributed by atoms with van der Waals surface area (Å²) in [6.45, 7) is 8.23. The molecule has 1 amide bonds. The van der Waals surface area contributed by atoms with Gasteiger partial charge >= 0.3 is 24.3 Å². The highest BCUT2D eigenvalue weighted by atomic mass is 19.4. The van der Waals surface area contributed by atoms with Crippen molar-refractivity contribution in [2.45, 2.75) is 64.0 Å². The number of carbonyl (C=O) groups excluding carboxylic acids is 1. The second-order valence-corrected chi connectivity index (χ2v) is 8.01. The van der Waals surface area contributed by atoms with Crippen LogP contribution in [0.5, 0.6) is 0 Å². The number of aromatic nitrogens is 1. The first-order valence-electron chi connectivity index (χ1n) is 10.6. The van der Waals surface area contributed by atoms with E-state index in [2.05, 4.69) is 21.7 Å². The fraction of sp³-hybridized carbons (Fsp3) is 0.619. The summed E-state index contributed by atoms with van der Waals surface area (Å²) in [4.78, 5) is 39.4. The van der Waals surface area contributed by atoms with Crippen LogP contribution in [0, 0.1) is 6.92 Å². The van der Waals surface area contributed by atoms with Crippen LogP contribution in [0.25, 0.3) is 0 Å². The van der Waals surface area contributed by atoms with Gasteiger partial charge in [0.15, 0.2) is 0 Å². The van der Waals surface area contributed by atoms with E-state index in [1.54, 1.807) is 0 Å². The van der Waals surface area contributed by atoms with Gasteiger partial charge in [0.1, 0.15) is 0 Å². The zero-order valence-corrected chi connectivity index (χ0v) is 19.1. The van der Waals surface area contributed by atoms with Crippen molar-refractivity contribution in [1.82, 2.24) is 14.8 Å². The molecule has 2 aliphatic rings. The van der Waals surface area contributed by atoms with E-state index in [4.69, 9.17) is 19.8 Å². The molecule has 0 bridgehead atoms. The lowest BCUT2D eigenvalue weighted by molar-refractivity contribution is -0.193. The number of hydrogen-bond donors (Lipinski definition) is 2. The van der Waals surface area contributed by atoms with E-state index in [-0.39, 0.29) is 5.54 Å². The predicted molar refractivity (Wildman–Crippen MR) is 110 cm³/mol. The summed E-state index contributed by atoms with van der Waals surface area (Å²) in [6, 6.07) is 6.07. The number of amides is 1. The van der Waals surface area contributed by atoms with Crippen LogP contribution in [0.15, 0.2) is 18.2 Å². The second-order valence-electron chi connectivity index (χ2n) is 8.01. The molecule has 0 aliphatic carbocycles. The second kappa shape index (κ2) is 12.2. The summed E-state index contributed by atoms with van der Waals surface area (Å²) in [6.07, 6.45) is -6.22. The zero-order valence-electron chi connectivity index (χ0n) is 19.1. The summed E-state index contributed by atoms with van der Waals surface area (Å²) in [5.74, 6) is -5.21. The van der Waals surface area contributed by atoms with Gasteiger partial charge in [-0.3, -0.25) is 9.78 Å². The van der Waals surface area contributed by atoms with E-state index >= 15 is 0 Å². The Morgan fingerprint density at radius 1 is 1.00 bits per heavy atom. The highest BCUT2D eigenvalue weighted by molar-refractivity contribution is 5.79. The van der Waals surface area contributed by atoms with E-state index in [1.165, 1.54) is 0 Å². The highest BCUT2D eigenvalue weighted by Crippen LogP contribution is 2.39. The minimum absolute atomic E-state index is 0.0914. The van der Waals surface area contributed by atoms with Crippen molar-refractivity contribution >= 4 is 17.8 Å². The molecule has 1 aromatic heterocycles. The van der Waals surface area contributed by atoms with Crippen LogP contribution in [0.3, 0.4) is 0 Å². The van der Waals surface area contributed by atoms with Gasteiger partial charge in [0.25, 0.3) is 0 Å². The lowest BCUT2D eigenvalue weighted by atomic mass is 9.85. The zero-order chi connectivity index (χ0) is 27.0. The molecule has 198 valence electrons. The van der Waals surface area contributed by atoms with Crippen molar-refractivity contribution in [3.8, 4) is 0 Å². The molecule has 0 atom stereocenters. The molecule has 0 unspecified atom stereocenters. The van der Waals surface area contributed by atoms with Crippen LogP contribution in [0.4, 0.5) is 26.3 Å². The Labute approximate surface area is 197 Å². The summed E-state index contributed by atoms with van der Waals surface area (Å²) in [5, 5.41) is 14.2. The number of likely N-dealkylation sites (tertiary alicyclic amines) is 2. The molecule has 2 fully saturated rings. The molecule has 2 aliphatic heterocycles. The Morgan fingerprint density at radius 3 is 1.89 bits per heavy atom. The third-order valence-corrected chi connectivity index (χ3v) is 5.66. The van der Waals surface area contributed by atoms with Gasteiger partial charge in [-0.25, -0.2) is 9.59 Å². The summed E-state index contributed by atoms with van der Waals surface area (Å²) in [5.41, 5.74) is 2.13. The number of alkyl halides is 6. The molecular weight excluding hydrogens is 488 g/mol. The molecular formula is C21H27F6N3O5. The van der Waals surface area contributed by atoms with Gasteiger partial charge in [0.05, 0.1) is 12.2 Å². The number of piperidine rings is 1. The van der Waals surface area contributed by atoms with Gasteiger partial charge in [-0.15, -0.1) is 0 Å². The van der Waals surface area contributed by atoms with E-state index < -0.39 is 24.3 Å². The predicted octanol–water partition coefficient (Wildman–Crippen LogP) is 3.63. The van der Waals surface area contributed by atoms with Crippen LogP contribution < -0.4 is 0 Å². The molecule has 1 aromatic rings. The van der Waals surface area contributed by atoms with Gasteiger partial charge in [-0.1, -0.05) is 13.0 Å². The standard InChI is InChI=1S/C17H25N3O.2C2HF3O2/c1-3-19-11-9-17(10-12-19)8-7-16(21)20(17)13-15-6-4-5-14(2)18-15;2*3-2(4,5)1(6)7/h4-6H,3,7-13H2,1-2H3;2*(H,6,7). The van der Waals surface area contributed by atoms with Crippen molar-refractivity contribution in [3.63, 3.8) is 0 Å². The Hall–Kier alpha value is -2.90. The number of carboxylic acids is 2. The van der Waals surface area contributed by atoms with Gasteiger partial charge in [-0.2, -0.15) is 26.3 Å². The molecule has 2 N–H and O–H groups in total. The number of pyridine rings is 1. The van der Waals surface area contributed by atoms with Gasteiger partial charge in [0.2, 0.25) is 5.91 Å². The first-order chi connectivity index (χ1) is 16.0. The third-order valence-electron chi connectivity index (χ3n) is 5.66. The summed E-state index contributed by atoms with van der Waals surface area (Å²) >= 11 is 0. The quantitative estimate of drug-likeness (QED) is 0.592. The molecule has 0 aromatic carbocycles. The number of carboxylic acid groups (broad SMARTS) is 2. The molecule has 14 heteroatoms. The van der Waals surface area contributed by atoms with Crippen molar-refractivity contribution in [2.24, 2.45) is 0 Å². The monoisotopic (exact) mass is 515 g/mol. The maximum absolute atomic E-state index is 12.4. The minimum Gasteiger partial charge on any atom is -0.475 e. The van der Waals surface area contributed by atoms with Crippen molar-refractivity contribution in [3.05, 3.63) is 29.6 Å². The number of rotatable bonds is 3. The van der Waals surface area contributed by atoms with Crippen LogP contribution in [-0.2, 0) is 20.9 Å². The third kappa shape index (κ3) is 9.34. The molecule has 0 radical (unpaired) electrons. The summed E-state index contributed by atoms with van der Waals surface area (Å²) < 4.78 is 63.5. The topological polar surface area (TPSA) is 111 Å². The Balaban J connectivity index is 0.000000362. The fourth-order valence-corrected chi connectivity index (χ4v) is 3.78. The average Bonchev–Trinajstić information content (AvgIpc) is 3.04. The average molecular weight is 515 g/mol. The number of aryl methyl sites for hydroxylation is 1. The van der Waals surface area contributed by atoms with Crippen molar-refractivity contribution in [2.75, 3.05) is 19.6 Å². The van der Waals surface area contributed by atoms with Crippen LogP contribution in [0.2, 0.25) is 0 Å². The van der Waals surface area contributed by atoms with Crippen molar-refractivity contribution in [1.29, 1.82) is 0 Å². The van der Waals surface area contributed by atoms with E-state index in [0.29, 0.717) is 18.9 Å². The molecule has 1 spiro atoms. The SMILES string of the molecule is CCN1CCC2(CCC(=O)N2Cc2cccc(C)n2)CC1.O=C(O)C(F)(F)F.O=C(O)C(F)(F)F. The molecule has 3 rings (SSSR count). The van der Waals surface area contributed by atoms with Crippen LogP contribution in [-0.4, -0.2) is 80.4 Å². The smallest absolute Gasteiger partial charge is 0.475 e. The largest absolute Gasteiger partial charge is 0.490 e. The van der Waals surface area contributed by atoms with Crippen molar-refractivity contribution < 1.29 is 50.9 Å². The normalized spacial score (nSPS) is 17.8. The Bertz CT molecular complexity index is 859. The Kier molecular flexibility index (Phi) is 10.5. The maximum Gasteiger partial charge on any atom is 0.490 e. The number of nitrogens with zero attached hydrogens (tertiary/aromatic N) is 3. The van der Waals surface area contributed by atoms with Crippen LogP contribution in [0.1, 0.15) is 44.0 Å². The lowest BCUT2D eigenvalue weighted by Gasteiger charge is -2.44. The molecule has 2 saturated heterocycles. The number of hydrogen-bond acceptors (Lipinski definition) is 5. The van der Waals surface area contributed by atoms with Gasteiger partial charge in [0, 0.05) is 30.7 Å². The van der Waals surface area contributed by atoms with E-state index in [9.17, 15) is 31.1 Å². The number of carbonyl (C=O) groups is 3.